The van der Waals surface area contributed by atoms with Crippen molar-refractivity contribution in [1.82, 2.24) is 0 Å². The van der Waals surface area contributed by atoms with Gasteiger partial charge in [-0.2, -0.15) is 0 Å². The first-order valence-corrected chi connectivity index (χ1v) is 8.43. The molecule has 2 aromatic carbocycles. The number of carbonyl (C=O) groups is 1. The van der Waals surface area contributed by atoms with Crippen LogP contribution in [-0.4, -0.2) is 31.8 Å². The molecule has 0 heterocycles. The molecule has 1 atom stereocenters. The van der Waals surface area contributed by atoms with Crippen molar-refractivity contribution in [2.75, 3.05) is 25.1 Å². The Morgan fingerprint density at radius 1 is 1.08 bits per heavy atom. The lowest BCUT2D eigenvalue weighted by Gasteiger charge is -2.15. The van der Waals surface area contributed by atoms with Gasteiger partial charge in [0.2, 0.25) is 0 Å². The first-order valence-electron chi connectivity index (χ1n) is 8.43. The average Bonchev–Trinajstić information content (AvgIpc) is 2.61. The Labute approximate surface area is 148 Å². The Morgan fingerprint density at radius 3 is 2.56 bits per heavy atom. The van der Waals surface area contributed by atoms with Crippen molar-refractivity contribution in [2.24, 2.45) is 0 Å². The number of hydrogen-bond donors (Lipinski definition) is 1. The average molecular weight is 343 g/mol. The van der Waals surface area contributed by atoms with E-state index >= 15 is 0 Å². The molecule has 2 aromatic rings. The van der Waals surface area contributed by atoms with Crippen LogP contribution >= 0.6 is 0 Å². The molecule has 134 valence electrons. The van der Waals surface area contributed by atoms with E-state index in [1.54, 1.807) is 13.0 Å². The van der Waals surface area contributed by atoms with E-state index in [1.165, 1.54) is 0 Å². The zero-order chi connectivity index (χ0) is 18.1. The summed E-state index contributed by atoms with van der Waals surface area (Å²) in [6, 6.07) is 14.9. The number of anilines is 1. The van der Waals surface area contributed by atoms with Gasteiger partial charge in [0.25, 0.3) is 5.91 Å². The number of carbonyl (C=O) groups excluding carboxylic acids is 1. The van der Waals surface area contributed by atoms with Crippen LogP contribution in [0.25, 0.3) is 0 Å². The van der Waals surface area contributed by atoms with Crippen LogP contribution in [0.15, 0.2) is 48.5 Å². The molecule has 0 radical (unpaired) electrons. The van der Waals surface area contributed by atoms with Crippen LogP contribution in [0.2, 0.25) is 0 Å². The third kappa shape index (κ3) is 6.47. The predicted octanol–water partition coefficient (Wildman–Crippen LogP) is 3.82. The molecule has 5 heteroatoms. The summed E-state index contributed by atoms with van der Waals surface area (Å²) in [7, 11) is 0. The molecular weight excluding hydrogens is 318 g/mol. The Hall–Kier alpha value is -2.53. The van der Waals surface area contributed by atoms with Crippen LogP contribution in [0.5, 0.6) is 11.5 Å². The van der Waals surface area contributed by atoms with E-state index in [4.69, 9.17) is 14.2 Å². The minimum atomic E-state index is -0.606. The van der Waals surface area contributed by atoms with Gasteiger partial charge < -0.3 is 19.5 Å². The zero-order valence-corrected chi connectivity index (χ0v) is 15.0. The van der Waals surface area contributed by atoms with Gasteiger partial charge in [0.15, 0.2) is 6.10 Å². The summed E-state index contributed by atoms with van der Waals surface area (Å²) in [5, 5.41) is 2.84. The summed E-state index contributed by atoms with van der Waals surface area (Å²) in [5.41, 5.74) is 1.81. The summed E-state index contributed by atoms with van der Waals surface area (Å²) in [6.45, 7) is 7.34. The molecule has 0 aliphatic carbocycles. The van der Waals surface area contributed by atoms with Gasteiger partial charge in [-0.05, 0) is 45.0 Å². The minimum absolute atomic E-state index is 0.216. The van der Waals surface area contributed by atoms with Crippen molar-refractivity contribution in [3.63, 3.8) is 0 Å². The Kier molecular flexibility index (Phi) is 7.29. The van der Waals surface area contributed by atoms with Crippen LogP contribution in [0.1, 0.15) is 19.4 Å². The molecule has 1 N–H and O–H groups in total. The van der Waals surface area contributed by atoms with E-state index in [0.29, 0.717) is 37.0 Å². The smallest absolute Gasteiger partial charge is 0.265 e. The van der Waals surface area contributed by atoms with E-state index in [1.807, 2.05) is 56.3 Å². The quantitative estimate of drug-likeness (QED) is 0.703. The van der Waals surface area contributed by atoms with Crippen molar-refractivity contribution in [1.29, 1.82) is 0 Å². The van der Waals surface area contributed by atoms with Crippen molar-refractivity contribution in [3.05, 3.63) is 54.1 Å². The van der Waals surface area contributed by atoms with E-state index < -0.39 is 6.10 Å². The third-order valence-corrected chi connectivity index (χ3v) is 3.51. The van der Waals surface area contributed by atoms with E-state index in [-0.39, 0.29) is 5.91 Å². The molecule has 1 amide bonds. The van der Waals surface area contributed by atoms with Gasteiger partial charge >= 0.3 is 0 Å². The first kappa shape index (κ1) is 18.8. The molecule has 0 fully saturated rings. The highest BCUT2D eigenvalue weighted by Crippen LogP contribution is 2.18. The second-order valence-electron chi connectivity index (χ2n) is 5.64. The van der Waals surface area contributed by atoms with Gasteiger partial charge in [-0.3, -0.25) is 4.79 Å². The zero-order valence-electron chi connectivity index (χ0n) is 15.0. The molecule has 0 aliphatic rings. The van der Waals surface area contributed by atoms with Crippen molar-refractivity contribution in [2.45, 2.75) is 26.9 Å². The number of rotatable bonds is 9. The standard InChI is InChI=1S/C20H25NO4/c1-4-23-12-13-24-19-7-5-6-17(14-19)21-20(22)16(3)25-18-10-8-15(2)9-11-18/h5-11,14,16H,4,12-13H2,1-3H3,(H,21,22)/t16-/m0/s1. The normalized spacial score (nSPS) is 11.6. The Morgan fingerprint density at radius 2 is 1.84 bits per heavy atom. The van der Waals surface area contributed by atoms with Crippen molar-refractivity contribution >= 4 is 11.6 Å². The molecule has 0 aliphatic heterocycles. The molecule has 0 spiro atoms. The largest absolute Gasteiger partial charge is 0.491 e. The number of amides is 1. The first-order chi connectivity index (χ1) is 12.1. The van der Waals surface area contributed by atoms with Crippen LogP contribution in [0.4, 0.5) is 5.69 Å². The molecule has 0 bridgehead atoms. The number of ether oxygens (including phenoxy) is 3. The van der Waals surface area contributed by atoms with Gasteiger partial charge in [0.05, 0.1) is 6.61 Å². The van der Waals surface area contributed by atoms with Crippen molar-refractivity contribution < 1.29 is 19.0 Å². The molecule has 2 rings (SSSR count). The molecule has 5 nitrogen and oxygen atoms in total. The van der Waals surface area contributed by atoms with Crippen LogP contribution in [0, 0.1) is 6.92 Å². The lowest BCUT2D eigenvalue weighted by molar-refractivity contribution is -0.122. The molecule has 0 unspecified atom stereocenters. The molecule has 25 heavy (non-hydrogen) atoms. The maximum atomic E-state index is 12.3. The Bertz CT molecular complexity index is 670. The summed E-state index contributed by atoms with van der Waals surface area (Å²) in [6.07, 6.45) is -0.606. The highest BCUT2D eigenvalue weighted by atomic mass is 16.5. The van der Waals surface area contributed by atoms with E-state index in [2.05, 4.69) is 5.32 Å². The van der Waals surface area contributed by atoms with Gasteiger partial charge in [-0.25, -0.2) is 0 Å². The molecule has 0 aromatic heterocycles. The fraction of sp³-hybridized carbons (Fsp3) is 0.350. The number of aryl methyl sites for hydroxylation is 1. The van der Waals surface area contributed by atoms with Gasteiger partial charge in [0, 0.05) is 18.4 Å². The van der Waals surface area contributed by atoms with Gasteiger partial charge in [0.1, 0.15) is 18.1 Å². The molecular formula is C20H25NO4. The molecule has 0 saturated carbocycles. The SMILES string of the molecule is CCOCCOc1cccc(NC(=O)[C@H](C)Oc2ccc(C)cc2)c1. The maximum absolute atomic E-state index is 12.3. The van der Waals surface area contributed by atoms with Crippen LogP contribution < -0.4 is 14.8 Å². The van der Waals surface area contributed by atoms with E-state index in [0.717, 1.165) is 5.56 Å². The highest BCUT2D eigenvalue weighted by molar-refractivity contribution is 5.94. The number of hydrogen-bond acceptors (Lipinski definition) is 4. The predicted molar refractivity (Wildman–Crippen MR) is 98.3 cm³/mol. The fourth-order valence-electron chi connectivity index (χ4n) is 2.14. The third-order valence-electron chi connectivity index (χ3n) is 3.51. The minimum Gasteiger partial charge on any atom is -0.491 e. The molecule has 0 saturated heterocycles. The van der Waals surface area contributed by atoms with E-state index in [9.17, 15) is 4.79 Å². The summed E-state index contributed by atoms with van der Waals surface area (Å²) in [4.78, 5) is 12.3. The second kappa shape index (κ2) is 9.69. The summed E-state index contributed by atoms with van der Waals surface area (Å²) >= 11 is 0. The van der Waals surface area contributed by atoms with Crippen LogP contribution in [0.3, 0.4) is 0 Å². The monoisotopic (exact) mass is 343 g/mol. The van der Waals surface area contributed by atoms with Gasteiger partial charge in [-0.1, -0.05) is 23.8 Å². The topological polar surface area (TPSA) is 56.8 Å². The maximum Gasteiger partial charge on any atom is 0.265 e. The Balaban J connectivity index is 1.87. The number of nitrogens with one attached hydrogen (secondary N) is 1. The second-order valence-corrected chi connectivity index (χ2v) is 5.64. The summed E-state index contributed by atoms with van der Waals surface area (Å²) in [5.74, 6) is 1.14. The lowest BCUT2D eigenvalue weighted by atomic mass is 10.2. The lowest BCUT2D eigenvalue weighted by Crippen LogP contribution is -2.30. The van der Waals surface area contributed by atoms with Crippen molar-refractivity contribution in [3.8, 4) is 11.5 Å². The van der Waals surface area contributed by atoms with Gasteiger partial charge in [-0.15, -0.1) is 0 Å². The fourth-order valence-corrected chi connectivity index (χ4v) is 2.14. The van der Waals surface area contributed by atoms with Crippen LogP contribution in [-0.2, 0) is 9.53 Å². The highest BCUT2D eigenvalue weighted by Gasteiger charge is 2.15. The summed E-state index contributed by atoms with van der Waals surface area (Å²) < 4.78 is 16.5. The number of benzene rings is 2.